The third-order valence-corrected chi connectivity index (χ3v) is 4.37. The molecule has 1 aromatic heterocycles. The Morgan fingerprint density at radius 2 is 2.11 bits per heavy atom. The number of hydrogen-bond donors (Lipinski definition) is 2. The molecule has 138 valence electrons. The number of H-pyrrole nitrogens is 1. The van der Waals surface area contributed by atoms with Crippen molar-refractivity contribution in [2.75, 3.05) is 11.9 Å². The fraction of sp³-hybridized carbons (Fsp3) is 0.238. The molecule has 0 saturated carbocycles. The maximum Gasteiger partial charge on any atom is 0.262 e. The number of fused-ring (bicyclic) bond motifs is 1. The number of amides is 1. The van der Waals surface area contributed by atoms with Crippen molar-refractivity contribution in [3.05, 3.63) is 60.3 Å². The summed E-state index contributed by atoms with van der Waals surface area (Å²) in [5.74, 6) is 1.10. The predicted octanol–water partition coefficient (Wildman–Crippen LogP) is 3.81. The summed E-state index contributed by atoms with van der Waals surface area (Å²) < 4.78 is 11.7. The van der Waals surface area contributed by atoms with Crippen molar-refractivity contribution in [2.24, 2.45) is 0 Å². The molecule has 0 fully saturated rings. The number of rotatable bonds is 5. The smallest absolute Gasteiger partial charge is 0.262 e. The monoisotopic (exact) mass is 363 g/mol. The molecule has 6 heteroatoms. The van der Waals surface area contributed by atoms with E-state index in [9.17, 15) is 4.79 Å². The van der Waals surface area contributed by atoms with Crippen molar-refractivity contribution in [1.82, 2.24) is 10.2 Å². The molecule has 2 N–H and O–H groups in total. The Labute approximate surface area is 157 Å². The van der Waals surface area contributed by atoms with Gasteiger partial charge in [0.15, 0.2) is 18.1 Å². The predicted molar refractivity (Wildman–Crippen MR) is 103 cm³/mol. The van der Waals surface area contributed by atoms with Gasteiger partial charge in [-0.1, -0.05) is 24.3 Å². The average molecular weight is 363 g/mol. The van der Waals surface area contributed by atoms with Gasteiger partial charge in [0.1, 0.15) is 5.60 Å². The second kappa shape index (κ2) is 6.79. The number of nitrogens with zero attached hydrogens (tertiary/aromatic N) is 1. The van der Waals surface area contributed by atoms with E-state index in [2.05, 4.69) is 15.5 Å². The Morgan fingerprint density at radius 3 is 2.93 bits per heavy atom. The number of carbonyl (C=O) groups excluding carboxylic acids is 1. The average Bonchev–Trinajstić information content (AvgIpc) is 3.26. The lowest BCUT2D eigenvalue weighted by Crippen LogP contribution is -2.25. The number of benzene rings is 2. The van der Waals surface area contributed by atoms with Crippen molar-refractivity contribution < 1.29 is 14.3 Å². The lowest BCUT2D eigenvalue weighted by molar-refractivity contribution is -0.118. The van der Waals surface area contributed by atoms with Gasteiger partial charge < -0.3 is 14.8 Å². The van der Waals surface area contributed by atoms with Crippen LogP contribution in [0.2, 0.25) is 0 Å². The summed E-state index contributed by atoms with van der Waals surface area (Å²) in [6, 6.07) is 15.2. The minimum absolute atomic E-state index is 0.0888. The largest absolute Gasteiger partial charge is 0.483 e. The van der Waals surface area contributed by atoms with Crippen molar-refractivity contribution in [3.63, 3.8) is 0 Å². The molecule has 4 rings (SSSR count). The number of ether oxygens (including phenoxy) is 2. The summed E-state index contributed by atoms with van der Waals surface area (Å²) in [5, 5.41) is 9.72. The first-order valence-corrected chi connectivity index (χ1v) is 8.84. The van der Waals surface area contributed by atoms with Gasteiger partial charge >= 0.3 is 0 Å². The summed E-state index contributed by atoms with van der Waals surface area (Å²) in [5.41, 5.74) is 3.39. The van der Waals surface area contributed by atoms with Crippen molar-refractivity contribution in [2.45, 2.75) is 25.9 Å². The molecule has 0 saturated heterocycles. The van der Waals surface area contributed by atoms with Gasteiger partial charge in [0.2, 0.25) is 0 Å². The van der Waals surface area contributed by atoms with E-state index in [1.807, 2.05) is 62.4 Å². The van der Waals surface area contributed by atoms with Crippen molar-refractivity contribution in [1.29, 1.82) is 0 Å². The third-order valence-electron chi connectivity index (χ3n) is 4.37. The highest BCUT2D eigenvalue weighted by molar-refractivity contribution is 5.92. The van der Waals surface area contributed by atoms with Gasteiger partial charge in [-0.05, 0) is 38.1 Å². The fourth-order valence-corrected chi connectivity index (χ4v) is 3.22. The van der Waals surface area contributed by atoms with Crippen LogP contribution >= 0.6 is 0 Å². The van der Waals surface area contributed by atoms with E-state index in [0.717, 1.165) is 29.0 Å². The molecule has 0 radical (unpaired) electrons. The molecule has 0 unspecified atom stereocenters. The summed E-state index contributed by atoms with van der Waals surface area (Å²) in [7, 11) is 0. The van der Waals surface area contributed by atoms with Gasteiger partial charge in [-0.15, -0.1) is 0 Å². The first kappa shape index (κ1) is 17.1. The zero-order valence-corrected chi connectivity index (χ0v) is 15.3. The fourth-order valence-electron chi connectivity index (χ4n) is 3.22. The first-order valence-electron chi connectivity index (χ1n) is 8.84. The minimum Gasteiger partial charge on any atom is -0.483 e. The van der Waals surface area contributed by atoms with E-state index in [4.69, 9.17) is 9.47 Å². The molecule has 0 spiro atoms. The van der Waals surface area contributed by atoms with Gasteiger partial charge in [-0.25, -0.2) is 0 Å². The highest BCUT2D eigenvalue weighted by atomic mass is 16.5. The van der Waals surface area contributed by atoms with E-state index in [-0.39, 0.29) is 18.1 Å². The number of aromatic amines is 1. The SMILES string of the molecule is CC1(C)Cc2cccc(OCC(=O)Nc3cccc(-c4ccn[nH]4)c3)c2O1. The van der Waals surface area contributed by atoms with Crippen molar-refractivity contribution >= 4 is 11.6 Å². The molecule has 0 bridgehead atoms. The Balaban J connectivity index is 1.40. The van der Waals surface area contributed by atoms with Crippen LogP contribution in [0.15, 0.2) is 54.7 Å². The number of carbonyl (C=O) groups is 1. The molecule has 6 nitrogen and oxygen atoms in total. The molecule has 27 heavy (non-hydrogen) atoms. The topological polar surface area (TPSA) is 76.2 Å². The first-order chi connectivity index (χ1) is 13.0. The molecule has 1 aliphatic heterocycles. The quantitative estimate of drug-likeness (QED) is 0.723. The summed E-state index contributed by atoms with van der Waals surface area (Å²) >= 11 is 0. The van der Waals surface area contributed by atoms with E-state index >= 15 is 0 Å². The number of nitrogens with one attached hydrogen (secondary N) is 2. The summed E-state index contributed by atoms with van der Waals surface area (Å²) in [6.07, 6.45) is 2.52. The van der Waals surface area contributed by atoms with E-state index in [1.165, 1.54) is 0 Å². The lowest BCUT2D eigenvalue weighted by Gasteiger charge is -2.18. The Kier molecular flexibility index (Phi) is 4.32. The highest BCUT2D eigenvalue weighted by Gasteiger charge is 2.32. The van der Waals surface area contributed by atoms with Crippen LogP contribution in [0, 0.1) is 0 Å². The lowest BCUT2D eigenvalue weighted by atomic mass is 10.0. The molecule has 1 aliphatic rings. The van der Waals surface area contributed by atoms with E-state index in [0.29, 0.717) is 11.4 Å². The number of hydrogen-bond acceptors (Lipinski definition) is 4. The second-order valence-electron chi connectivity index (χ2n) is 7.17. The van der Waals surface area contributed by atoms with Gasteiger partial charge in [0.05, 0.1) is 5.69 Å². The van der Waals surface area contributed by atoms with Crippen LogP contribution in [0.3, 0.4) is 0 Å². The number of para-hydroxylation sites is 1. The Hall–Kier alpha value is -3.28. The van der Waals surface area contributed by atoms with Gasteiger partial charge in [-0.3, -0.25) is 9.89 Å². The van der Waals surface area contributed by atoms with E-state index in [1.54, 1.807) is 6.20 Å². The van der Waals surface area contributed by atoms with Crippen LogP contribution < -0.4 is 14.8 Å². The highest BCUT2D eigenvalue weighted by Crippen LogP contribution is 2.41. The van der Waals surface area contributed by atoms with E-state index < -0.39 is 0 Å². The molecular formula is C21H21N3O3. The molecule has 3 aromatic rings. The molecule has 0 aliphatic carbocycles. The van der Waals surface area contributed by atoms with Gasteiger partial charge in [0, 0.05) is 29.4 Å². The molecule has 1 amide bonds. The standard InChI is InChI=1S/C21H21N3O3/c1-21(2)12-15-6-4-8-18(20(15)27-21)26-13-19(25)23-16-7-3-5-14(11-16)17-9-10-22-24-17/h3-11H,12-13H2,1-2H3,(H,22,24)(H,23,25). The van der Waals surface area contributed by atoms with Crippen LogP contribution in [-0.4, -0.2) is 28.3 Å². The second-order valence-corrected chi connectivity index (χ2v) is 7.17. The zero-order chi connectivity index (χ0) is 18.9. The Bertz CT molecular complexity index is 965. The maximum atomic E-state index is 12.3. The summed E-state index contributed by atoms with van der Waals surface area (Å²) in [6.45, 7) is 3.99. The van der Waals surface area contributed by atoms with Crippen LogP contribution in [0.5, 0.6) is 11.5 Å². The van der Waals surface area contributed by atoms with Gasteiger partial charge in [0.25, 0.3) is 5.91 Å². The molecule has 2 heterocycles. The summed E-state index contributed by atoms with van der Waals surface area (Å²) in [4.78, 5) is 12.3. The zero-order valence-electron chi connectivity index (χ0n) is 15.3. The van der Waals surface area contributed by atoms with Crippen LogP contribution in [0.4, 0.5) is 5.69 Å². The normalized spacial score (nSPS) is 14.3. The van der Waals surface area contributed by atoms with Crippen LogP contribution in [0.1, 0.15) is 19.4 Å². The van der Waals surface area contributed by atoms with Gasteiger partial charge in [-0.2, -0.15) is 5.10 Å². The van der Waals surface area contributed by atoms with Crippen LogP contribution in [0.25, 0.3) is 11.3 Å². The number of aromatic nitrogens is 2. The van der Waals surface area contributed by atoms with Crippen molar-refractivity contribution in [3.8, 4) is 22.8 Å². The third kappa shape index (κ3) is 3.79. The minimum atomic E-state index is -0.253. The molecule has 2 aromatic carbocycles. The maximum absolute atomic E-state index is 12.3. The molecular weight excluding hydrogens is 342 g/mol. The Morgan fingerprint density at radius 1 is 1.26 bits per heavy atom. The molecule has 0 atom stereocenters. The number of anilines is 1. The van der Waals surface area contributed by atoms with Crippen LogP contribution in [-0.2, 0) is 11.2 Å².